The largest absolute Gasteiger partial charge is 0.378 e. The van der Waals surface area contributed by atoms with E-state index in [1.54, 1.807) is 0 Å². The number of hydrogen-bond donors (Lipinski definition) is 0. The summed E-state index contributed by atoms with van der Waals surface area (Å²) in [7, 11) is 0. The van der Waals surface area contributed by atoms with Crippen LogP contribution >= 0.6 is 11.8 Å². The molecule has 1 fully saturated rings. The summed E-state index contributed by atoms with van der Waals surface area (Å²) in [6.45, 7) is 14.6. The Morgan fingerprint density at radius 1 is 1.03 bits per heavy atom. The van der Waals surface area contributed by atoms with Crippen molar-refractivity contribution in [3.8, 4) is 11.3 Å². The van der Waals surface area contributed by atoms with E-state index >= 15 is 0 Å². The third kappa shape index (κ3) is 9.70. The van der Waals surface area contributed by atoms with Crippen LogP contribution in [0.5, 0.6) is 0 Å². The molecular formula is C29H40N2O2S. The summed E-state index contributed by atoms with van der Waals surface area (Å²) in [5, 5.41) is 0.853. The smallest absolute Gasteiger partial charge is 0.233 e. The van der Waals surface area contributed by atoms with Crippen molar-refractivity contribution in [3.63, 3.8) is 0 Å². The number of morpholine rings is 1. The third-order valence-electron chi connectivity index (χ3n) is 4.80. The first-order valence-corrected chi connectivity index (χ1v) is 13.2. The zero-order valence-electron chi connectivity index (χ0n) is 21.6. The number of carbonyl (C=O) groups excluding carboxylic acids is 1. The van der Waals surface area contributed by atoms with Gasteiger partial charge < -0.3 is 9.64 Å². The van der Waals surface area contributed by atoms with Crippen LogP contribution in [0.1, 0.15) is 47.1 Å². The molecule has 2 heterocycles. The third-order valence-corrected chi connectivity index (χ3v) is 5.70. The highest BCUT2D eigenvalue weighted by molar-refractivity contribution is 7.99. The van der Waals surface area contributed by atoms with Crippen molar-refractivity contribution in [1.29, 1.82) is 0 Å². The van der Waals surface area contributed by atoms with Gasteiger partial charge in [-0.15, -0.1) is 0 Å². The monoisotopic (exact) mass is 480 g/mol. The Labute approximate surface area is 210 Å². The summed E-state index contributed by atoms with van der Waals surface area (Å²) >= 11 is 1.49. The molecule has 1 saturated heterocycles. The van der Waals surface area contributed by atoms with Crippen molar-refractivity contribution in [3.05, 3.63) is 78.4 Å². The predicted octanol–water partition coefficient (Wildman–Crippen LogP) is 7.29. The number of carbonyl (C=O) groups is 1. The van der Waals surface area contributed by atoms with Crippen molar-refractivity contribution >= 4 is 23.2 Å². The molecule has 2 aromatic rings. The molecule has 4 nitrogen and oxygen atoms in total. The molecule has 1 aliphatic heterocycles. The highest BCUT2D eigenvalue weighted by Gasteiger charge is 2.17. The maximum Gasteiger partial charge on any atom is 0.233 e. The highest BCUT2D eigenvalue weighted by atomic mass is 32.2. The number of aromatic nitrogens is 1. The van der Waals surface area contributed by atoms with Gasteiger partial charge in [0.1, 0.15) is 0 Å². The Morgan fingerprint density at radius 2 is 1.71 bits per heavy atom. The summed E-state index contributed by atoms with van der Waals surface area (Å²) in [6, 6.07) is 14.3. The van der Waals surface area contributed by atoms with Gasteiger partial charge in [0.2, 0.25) is 5.91 Å². The maximum atomic E-state index is 12.6. The number of thioether (sulfide) groups is 1. The van der Waals surface area contributed by atoms with Crippen molar-refractivity contribution in [2.45, 2.75) is 46.6 Å². The Bertz CT molecular complexity index is 930. The van der Waals surface area contributed by atoms with Crippen LogP contribution in [0, 0.1) is 0 Å². The lowest BCUT2D eigenvalue weighted by atomic mass is 10.0. The number of hydrogen-bond acceptors (Lipinski definition) is 4. The van der Waals surface area contributed by atoms with E-state index in [0.29, 0.717) is 32.1 Å². The lowest BCUT2D eigenvalue weighted by Gasteiger charge is -2.26. The molecule has 0 radical (unpaired) electrons. The summed E-state index contributed by atoms with van der Waals surface area (Å²) in [5.41, 5.74) is 4.18. The summed E-state index contributed by atoms with van der Waals surface area (Å²) in [6.07, 6.45) is 10.2. The van der Waals surface area contributed by atoms with Crippen molar-refractivity contribution in [2.24, 2.45) is 0 Å². The molecule has 184 valence electrons. The first kappa shape index (κ1) is 29.4. The first-order chi connectivity index (χ1) is 16.7. The van der Waals surface area contributed by atoms with Gasteiger partial charge >= 0.3 is 0 Å². The van der Waals surface area contributed by atoms with Gasteiger partial charge in [0.15, 0.2) is 0 Å². The van der Waals surface area contributed by atoms with Crippen LogP contribution in [0.2, 0.25) is 0 Å². The zero-order chi connectivity index (χ0) is 25.2. The Morgan fingerprint density at radius 3 is 2.32 bits per heavy atom. The topological polar surface area (TPSA) is 42.4 Å². The molecule has 3 rings (SSSR count). The van der Waals surface area contributed by atoms with Crippen LogP contribution < -0.4 is 0 Å². The Hall–Kier alpha value is -2.63. The summed E-state index contributed by atoms with van der Waals surface area (Å²) in [5.74, 6) is 0.514. The van der Waals surface area contributed by atoms with E-state index in [1.807, 2.05) is 82.9 Å². The van der Waals surface area contributed by atoms with Crippen LogP contribution in [0.15, 0.2) is 77.9 Å². The molecule has 0 bridgehead atoms. The van der Waals surface area contributed by atoms with Crippen molar-refractivity contribution < 1.29 is 9.53 Å². The van der Waals surface area contributed by atoms with E-state index in [9.17, 15) is 4.79 Å². The number of ether oxygens (including phenoxy) is 1. The minimum Gasteiger partial charge on any atom is -0.378 e. The van der Waals surface area contributed by atoms with Crippen LogP contribution in [0.3, 0.4) is 0 Å². The summed E-state index contributed by atoms with van der Waals surface area (Å²) in [4.78, 5) is 19.3. The molecule has 1 aromatic carbocycles. The van der Waals surface area contributed by atoms with Crippen molar-refractivity contribution in [1.82, 2.24) is 9.88 Å². The van der Waals surface area contributed by atoms with Gasteiger partial charge in [-0.3, -0.25) is 4.79 Å². The van der Waals surface area contributed by atoms with E-state index in [4.69, 9.17) is 9.72 Å². The number of nitrogens with zero attached hydrogens (tertiary/aromatic N) is 2. The molecule has 5 heteroatoms. The molecule has 0 atom stereocenters. The van der Waals surface area contributed by atoms with Crippen LogP contribution in [-0.4, -0.2) is 47.8 Å². The van der Waals surface area contributed by atoms with Crippen molar-refractivity contribution in [2.75, 3.05) is 32.1 Å². The normalized spacial score (nSPS) is 13.8. The van der Waals surface area contributed by atoms with Crippen LogP contribution in [-0.2, 0) is 9.53 Å². The predicted molar refractivity (Wildman–Crippen MR) is 148 cm³/mol. The highest BCUT2D eigenvalue weighted by Crippen LogP contribution is 2.28. The Balaban J connectivity index is 0.00000137. The quantitative estimate of drug-likeness (QED) is 0.308. The lowest BCUT2D eigenvalue weighted by Crippen LogP contribution is -2.41. The van der Waals surface area contributed by atoms with Gasteiger partial charge in [-0.25, -0.2) is 4.98 Å². The van der Waals surface area contributed by atoms with Gasteiger partial charge in [-0.2, -0.15) is 0 Å². The Kier molecular flexibility index (Phi) is 15.4. The molecule has 34 heavy (non-hydrogen) atoms. The van der Waals surface area contributed by atoms with Gasteiger partial charge in [0.05, 0.1) is 29.7 Å². The zero-order valence-corrected chi connectivity index (χ0v) is 22.4. The second kappa shape index (κ2) is 17.8. The average molecular weight is 481 g/mol. The van der Waals surface area contributed by atoms with E-state index in [1.165, 1.54) is 11.8 Å². The molecule has 1 amide bonds. The van der Waals surface area contributed by atoms with Crippen LogP contribution in [0.25, 0.3) is 16.8 Å². The molecule has 1 aromatic heterocycles. The van der Waals surface area contributed by atoms with E-state index in [2.05, 4.69) is 36.4 Å². The number of pyridine rings is 1. The number of allylic oxidation sites excluding steroid dienone is 6. The lowest BCUT2D eigenvalue weighted by molar-refractivity contribution is -0.132. The fourth-order valence-corrected chi connectivity index (χ4v) is 4.00. The second-order valence-corrected chi connectivity index (χ2v) is 7.85. The van der Waals surface area contributed by atoms with Gasteiger partial charge in [-0.05, 0) is 37.1 Å². The van der Waals surface area contributed by atoms with Gasteiger partial charge in [0, 0.05) is 18.7 Å². The van der Waals surface area contributed by atoms with E-state index < -0.39 is 0 Å². The molecule has 0 aliphatic carbocycles. The molecular weight excluding hydrogens is 440 g/mol. The standard InChI is InChI=1S/C25H28N2O2S.2C2H6/c1-3-5-7-10-20(4-2)22-17-23(21-11-8-6-9-12-21)26-24(18-22)30-19-25(28)27-13-15-29-16-14-27;2*1-2/h3-12,17-18H,13-16,19H2,1-2H3;2*1-2H3/b5-3-,10-7-,20-4+;;. The second-order valence-electron chi connectivity index (χ2n) is 6.86. The number of benzene rings is 1. The fourth-order valence-electron chi connectivity index (χ4n) is 3.17. The number of amides is 1. The fraction of sp³-hybridized carbons (Fsp3) is 0.379. The average Bonchev–Trinajstić information content (AvgIpc) is 2.93. The molecule has 0 N–H and O–H groups in total. The minimum atomic E-state index is 0.135. The van der Waals surface area contributed by atoms with E-state index in [0.717, 1.165) is 27.4 Å². The van der Waals surface area contributed by atoms with Gasteiger partial charge in [0.25, 0.3) is 0 Å². The van der Waals surface area contributed by atoms with E-state index in [-0.39, 0.29) is 5.91 Å². The molecule has 1 aliphatic rings. The molecule has 0 spiro atoms. The van der Waals surface area contributed by atoms with Crippen LogP contribution in [0.4, 0.5) is 0 Å². The molecule has 0 unspecified atom stereocenters. The minimum absolute atomic E-state index is 0.135. The maximum absolute atomic E-state index is 12.6. The van der Waals surface area contributed by atoms with Gasteiger partial charge in [-0.1, -0.05) is 100 Å². The SMILES string of the molecule is CC.CC.C\C=C/C=C\C(=C/C)c1cc(SCC(=O)N2CCOCC2)nc(-c2ccccc2)c1. The molecule has 0 saturated carbocycles. The first-order valence-electron chi connectivity index (χ1n) is 12.2. The summed E-state index contributed by atoms with van der Waals surface area (Å²) < 4.78 is 5.34. The number of rotatable bonds is 7.